The van der Waals surface area contributed by atoms with Crippen molar-refractivity contribution in [3.05, 3.63) is 35.4 Å². The molecule has 0 aromatic heterocycles. The van der Waals surface area contributed by atoms with E-state index in [1.165, 1.54) is 31.2 Å². The third kappa shape index (κ3) is 3.34. The molecule has 0 heterocycles. The van der Waals surface area contributed by atoms with Crippen molar-refractivity contribution in [2.75, 3.05) is 0 Å². The maximum Gasteiger partial charge on any atom is 0.0991 e. The van der Waals surface area contributed by atoms with Crippen LogP contribution < -0.4 is 5.32 Å². The molecule has 0 radical (unpaired) electrons. The van der Waals surface area contributed by atoms with Crippen molar-refractivity contribution in [2.45, 2.75) is 51.6 Å². The van der Waals surface area contributed by atoms with Gasteiger partial charge in [0.1, 0.15) is 0 Å². The van der Waals surface area contributed by atoms with Crippen LogP contribution in [0.2, 0.25) is 0 Å². The smallest absolute Gasteiger partial charge is 0.0991 e. The second kappa shape index (κ2) is 6.02. The summed E-state index contributed by atoms with van der Waals surface area (Å²) in [6, 6.07) is 11.1. The minimum atomic E-state index is 0.330. The van der Waals surface area contributed by atoms with E-state index in [-0.39, 0.29) is 0 Å². The molecule has 1 saturated carbocycles. The monoisotopic (exact) mass is 242 g/mol. The van der Waals surface area contributed by atoms with Gasteiger partial charge in [0.25, 0.3) is 0 Å². The van der Waals surface area contributed by atoms with Gasteiger partial charge < -0.3 is 5.32 Å². The summed E-state index contributed by atoms with van der Waals surface area (Å²) >= 11 is 0. The van der Waals surface area contributed by atoms with Gasteiger partial charge in [-0.15, -0.1) is 0 Å². The Labute approximate surface area is 110 Å². The quantitative estimate of drug-likeness (QED) is 0.875. The van der Waals surface area contributed by atoms with E-state index >= 15 is 0 Å². The maximum absolute atomic E-state index is 8.92. The van der Waals surface area contributed by atoms with Gasteiger partial charge in [0.05, 0.1) is 11.6 Å². The molecule has 0 amide bonds. The second-order valence-corrected chi connectivity index (χ2v) is 5.58. The van der Waals surface area contributed by atoms with Crippen molar-refractivity contribution in [2.24, 2.45) is 5.92 Å². The van der Waals surface area contributed by atoms with Gasteiger partial charge in [-0.25, -0.2) is 0 Å². The highest BCUT2D eigenvalue weighted by atomic mass is 14.9. The van der Waals surface area contributed by atoms with Crippen LogP contribution in [0.1, 0.15) is 56.7 Å². The molecule has 1 aliphatic carbocycles. The molecule has 2 rings (SSSR count). The fourth-order valence-corrected chi connectivity index (χ4v) is 2.75. The number of nitrogens with zero attached hydrogens (tertiary/aromatic N) is 1. The predicted molar refractivity (Wildman–Crippen MR) is 74.1 cm³/mol. The molecule has 1 atom stereocenters. The standard InChI is InChI=1S/C16H22N2/c1-12-6-8-16(9-7-12)18-13(2)15-5-3-4-14(10-15)11-17/h3-5,10,12-13,16,18H,6-9H2,1-2H3. The van der Waals surface area contributed by atoms with Crippen LogP contribution >= 0.6 is 0 Å². The molecule has 1 N–H and O–H groups in total. The van der Waals surface area contributed by atoms with E-state index in [0.29, 0.717) is 12.1 Å². The third-order valence-electron chi connectivity index (χ3n) is 4.02. The first kappa shape index (κ1) is 13.1. The largest absolute Gasteiger partial charge is 0.307 e. The normalized spacial score (nSPS) is 25.4. The van der Waals surface area contributed by atoms with Crippen LogP contribution in [0.25, 0.3) is 0 Å². The molecule has 1 aliphatic rings. The van der Waals surface area contributed by atoms with Gasteiger partial charge in [-0.3, -0.25) is 0 Å². The van der Waals surface area contributed by atoms with Crippen molar-refractivity contribution in [1.29, 1.82) is 5.26 Å². The minimum absolute atomic E-state index is 0.330. The van der Waals surface area contributed by atoms with Gasteiger partial charge in [-0.05, 0) is 56.2 Å². The third-order valence-corrected chi connectivity index (χ3v) is 4.02. The summed E-state index contributed by atoms with van der Waals surface area (Å²) in [5, 5.41) is 12.6. The average molecular weight is 242 g/mol. The second-order valence-electron chi connectivity index (χ2n) is 5.58. The fraction of sp³-hybridized carbons (Fsp3) is 0.562. The lowest BCUT2D eigenvalue weighted by Crippen LogP contribution is -2.34. The molecule has 2 nitrogen and oxygen atoms in total. The van der Waals surface area contributed by atoms with Crippen LogP contribution in [0.5, 0.6) is 0 Å². The molecule has 2 heteroatoms. The first-order valence-corrected chi connectivity index (χ1v) is 6.95. The van der Waals surface area contributed by atoms with Crippen LogP contribution in [0.3, 0.4) is 0 Å². The van der Waals surface area contributed by atoms with E-state index < -0.39 is 0 Å². The van der Waals surface area contributed by atoms with E-state index in [1.54, 1.807) is 0 Å². The molecule has 18 heavy (non-hydrogen) atoms. The van der Waals surface area contributed by atoms with Gasteiger partial charge in [0.2, 0.25) is 0 Å². The van der Waals surface area contributed by atoms with Crippen LogP contribution in [0, 0.1) is 17.2 Å². The molecule has 96 valence electrons. The Morgan fingerprint density at radius 3 is 2.67 bits per heavy atom. The Morgan fingerprint density at radius 2 is 2.00 bits per heavy atom. The molecule has 1 aromatic rings. The molecule has 0 aliphatic heterocycles. The molecule has 0 saturated heterocycles. The average Bonchev–Trinajstić information content (AvgIpc) is 2.41. The number of nitriles is 1. The summed E-state index contributed by atoms with van der Waals surface area (Å²) in [6.07, 6.45) is 5.23. The highest BCUT2D eigenvalue weighted by Gasteiger charge is 2.19. The van der Waals surface area contributed by atoms with Gasteiger partial charge in [0.15, 0.2) is 0 Å². The van der Waals surface area contributed by atoms with Crippen molar-refractivity contribution in [3.8, 4) is 6.07 Å². The number of rotatable bonds is 3. The van der Waals surface area contributed by atoms with E-state index in [4.69, 9.17) is 5.26 Å². The van der Waals surface area contributed by atoms with E-state index in [1.807, 2.05) is 18.2 Å². The van der Waals surface area contributed by atoms with Crippen molar-refractivity contribution in [1.82, 2.24) is 5.32 Å². The van der Waals surface area contributed by atoms with Crippen molar-refractivity contribution < 1.29 is 0 Å². The van der Waals surface area contributed by atoms with Gasteiger partial charge in [-0.1, -0.05) is 19.1 Å². The Hall–Kier alpha value is -1.33. The van der Waals surface area contributed by atoms with Crippen molar-refractivity contribution in [3.63, 3.8) is 0 Å². The summed E-state index contributed by atoms with van der Waals surface area (Å²) in [5.41, 5.74) is 1.96. The first-order chi connectivity index (χ1) is 8.69. The zero-order chi connectivity index (χ0) is 13.0. The number of hydrogen-bond donors (Lipinski definition) is 1. The zero-order valence-electron chi connectivity index (χ0n) is 11.3. The minimum Gasteiger partial charge on any atom is -0.307 e. The van der Waals surface area contributed by atoms with E-state index in [2.05, 4.69) is 31.3 Å². The fourth-order valence-electron chi connectivity index (χ4n) is 2.75. The molecule has 0 bridgehead atoms. The van der Waals surface area contributed by atoms with Crippen LogP contribution in [-0.4, -0.2) is 6.04 Å². The molecular formula is C16H22N2. The van der Waals surface area contributed by atoms with E-state index in [9.17, 15) is 0 Å². The Balaban J connectivity index is 1.95. The highest BCUT2D eigenvalue weighted by Crippen LogP contribution is 2.25. The predicted octanol–water partition coefficient (Wildman–Crippen LogP) is 3.79. The Bertz CT molecular complexity index is 425. The summed E-state index contributed by atoms with van der Waals surface area (Å²) in [7, 11) is 0. The number of nitrogens with one attached hydrogen (secondary N) is 1. The lowest BCUT2D eigenvalue weighted by atomic mass is 9.87. The molecule has 1 aromatic carbocycles. The zero-order valence-corrected chi connectivity index (χ0v) is 11.3. The summed E-state index contributed by atoms with van der Waals surface area (Å²) in [6.45, 7) is 4.53. The lowest BCUT2D eigenvalue weighted by Gasteiger charge is -2.29. The van der Waals surface area contributed by atoms with Crippen molar-refractivity contribution >= 4 is 0 Å². The maximum atomic E-state index is 8.92. The molecule has 1 unspecified atom stereocenters. The van der Waals surface area contributed by atoms with Crippen LogP contribution in [-0.2, 0) is 0 Å². The summed E-state index contributed by atoms with van der Waals surface area (Å²) < 4.78 is 0. The highest BCUT2D eigenvalue weighted by molar-refractivity contribution is 5.34. The van der Waals surface area contributed by atoms with Crippen LogP contribution in [0.15, 0.2) is 24.3 Å². The summed E-state index contributed by atoms with van der Waals surface area (Å²) in [4.78, 5) is 0. The van der Waals surface area contributed by atoms with Gasteiger partial charge >= 0.3 is 0 Å². The Morgan fingerprint density at radius 1 is 1.28 bits per heavy atom. The Kier molecular flexibility index (Phi) is 4.38. The first-order valence-electron chi connectivity index (χ1n) is 6.95. The molecule has 1 fully saturated rings. The number of benzene rings is 1. The lowest BCUT2D eigenvalue weighted by molar-refractivity contribution is 0.292. The van der Waals surface area contributed by atoms with E-state index in [0.717, 1.165) is 11.5 Å². The molecule has 0 spiro atoms. The summed E-state index contributed by atoms with van der Waals surface area (Å²) in [5.74, 6) is 0.889. The van der Waals surface area contributed by atoms with Gasteiger partial charge in [0, 0.05) is 12.1 Å². The topological polar surface area (TPSA) is 35.8 Å². The van der Waals surface area contributed by atoms with Crippen LogP contribution in [0.4, 0.5) is 0 Å². The number of hydrogen-bond acceptors (Lipinski definition) is 2. The molecular weight excluding hydrogens is 220 g/mol. The SMILES string of the molecule is CC1CCC(NC(C)c2cccc(C#N)c2)CC1. The van der Waals surface area contributed by atoms with Gasteiger partial charge in [-0.2, -0.15) is 5.26 Å².